The first kappa shape index (κ1) is 14.0. The van der Waals surface area contributed by atoms with Gasteiger partial charge >= 0.3 is 0 Å². The van der Waals surface area contributed by atoms with Gasteiger partial charge in [-0.1, -0.05) is 15.9 Å². The maximum Gasteiger partial charge on any atom is 0.222 e. The summed E-state index contributed by atoms with van der Waals surface area (Å²) in [6, 6.07) is 0.659. The number of likely N-dealkylation sites (tertiary alicyclic amines) is 1. The fourth-order valence-electron chi connectivity index (χ4n) is 2.16. The number of hydrogen-bond donors (Lipinski definition) is 0. The number of rotatable bonds is 5. The van der Waals surface area contributed by atoms with Crippen LogP contribution in [0.25, 0.3) is 0 Å². The van der Waals surface area contributed by atoms with Gasteiger partial charge in [0.15, 0.2) is 0 Å². The Bertz CT molecular complexity index is 213. The number of piperidine rings is 1. The van der Waals surface area contributed by atoms with Gasteiger partial charge < -0.3 is 9.80 Å². The van der Waals surface area contributed by atoms with Gasteiger partial charge in [0.05, 0.1) is 0 Å². The van der Waals surface area contributed by atoms with Gasteiger partial charge in [-0.05, 0) is 39.8 Å². The molecule has 0 saturated carbocycles. The molecular formula is C12H23BrN2O. The van der Waals surface area contributed by atoms with Crippen LogP contribution in [0.4, 0.5) is 0 Å². The van der Waals surface area contributed by atoms with Gasteiger partial charge in [-0.2, -0.15) is 0 Å². The minimum absolute atomic E-state index is 0.346. The highest BCUT2D eigenvalue weighted by molar-refractivity contribution is 9.09. The van der Waals surface area contributed by atoms with Crippen LogP contribution in [0.3, 0.4) is 0 Å². The molecule has 3 nitrogen and oxygen atoms in total. The molecule has 0 aromatic heterocycles. The van der Waals surface area contributed by atoms with Crippen molar-refractivity contribution in [3.63, 3.8) is 0 Å². The van der Waals surface area contributed by atoms with Gasteiger partial charge in [-0.3, -0.25) is 4.79 Å². The van der Waals surface area contributed by atoms with Crippen molar-refractivity contribution in [3.05, 3.63) is 0 Å². The third-order valence-corrected chi connectivity index (χ3v) is 3.88. The predicted octanol–water partition coefficient (Wildman–Crippen LogP) is 2.10. The number of halogens is 1. The molecule has 0 aromatic carbocycles. The summed E-state index contributed by atoms with van der Waals surface area (Å²) in [5.74, 6) is 0.346. The van der Waals surface area contributed by atoms with E-state index < -0.39 is 0 Å². The highest BCUT2D eigenvalue weighted by Crippen LogP contribution is 2.15. The summed E-state index contributed by atoms with van der Waals surface area (Å²) >= 11 is 3.39. The highest BCUT2D eigenvalue weighted by Gasteiger charge is 2.23. The van der Waals surface area contributed by atoms with E-state index >= 15 is 0 Å². The minimum Gasteiger partial charge on any atom is -0.343 e. The van der Waals surface area contributed by atoms with Gasteiger partial charge in [-0.15, -0.1) is 0 Å². The number of amides is 1. The molecule has 1 amide bonds. The first-order valence-electron chi connectivity index (χ1n) is 6.15. The van der Waals surface area contributed by atoms with Crippen LogP contribution >= 0.6 is 15.9 Å². The predicted molar refractivity (Wildman–Crippen MR) is 70.9 cm³/mol. The second-order valence-corrected chi connectivity index (χ2v) is 5.51. The third-order valence-electron chi connectivity index (χ3n) is 3.32. The molecule has 4 heteroatoms. The van der Waals surface area contributed by atoms with Gasteiger partial charge in [0.25, 0.3) is 0 Å². The van der Waals surface area contributed by atoms with Crippen molar-refractivity contribution in [2.24, 2.45) is 0 Å². The van der Waals surface area contributed by atoms with Crippen molar-refractivity contribution < 1.29 is 4.79 Å². The lowest BCUT2D eigenvalue weighted by Crippen LogP contribution is -2.44. The van der Waals surface area contributed by atoms with Crippen molar-refractivity contribution in [3.8, 4) is 0 Å². The summed E-state index contributed by atoms with van der Waals surface area (Å²) in [4.78, 5) is 16.2. The van der Waals surface area contributed by atoms with E-state index in [0.29, 0.717) is 11.9 Å². The van der Waals surface area contributed by atoms with E-state index in [9.17, 15) is 4.79 Å². The number of alkyl halides is 1. The molecule has 0 bridgehead atoms. The quantitative estimate of drug-likeness (QED) is 0.572. The average molecular weight is 291 g/mol. The van der Waals surface area contributed by atoms with Crippen LogP contribution in [0.2, 0.25) is 0 Å². The summed E-state index contributed by atoms with van der Waals surface area (Å²) < 4.78 is 0. The van der Waals surface area contributed by atoms with E-state index in [1.54, 1.807) is 0 Å². The number of nitrogens with zero attached hydrogens (tertiary/aromatic N) is 2. The summed E-state index contributed by atoms with van der Waals surface area (Å²) in [5, 5.41) is 1.00. The Morgan fingerprint density at radius 1 is 1.31 bits per heavy atom. The SMILES string of the molecule is CN(C)C1CCN(C(=O)CCCCBr)CC1. The zero-order valence-corrected chi connectivity index (χ0v) is 12.0. The van der Waals surface area contributed by atoms with Crippen LogP contribution in [0.1, 0.15) is 32.1 Å². The molecule has 0 unspecified atom stereocenters. The first-order valence-corrected chi connectivity index (χ1v) is 7.27. The van der Waals surface area contributed by atoms with Crippen molar-refractivity contribution in [1.29, 1.82) is 0 Å². The molecule has 0 aliphatic carbocycles. The Morgan fingerprint density at radius 3 is 2.44 bits per heavy atom. The molecular weight excluding hydrogens is 268 g/mol. The van der Waals surface area contributed by atoms with Gasteiger partial charge in [0.2, 0.25) is 5.91 Å². The lowest BCUT2D eigenvalue weighted by molar-refractivity contribution is -0.132. The number of carbonyl (C=O) groups excluding carboxylic acids is 1. The van der Waals surface area contributed by atoms with E-state index in [4.69, 9.17) is 0 Å². The van der Waals surface area contributed by atoms with Crippen LogP contribution in [0, 0.1) is 0 Å². The van der Waals surface area contributed by atoms with E-state index in [0.717, 1.165) is 50.5 Å². The zero-order chi connectivity index (χ0) is 12.0. The second-order valence-electron chi connectivity index (χ2n) is 4.72. The van der Waals surface area contributed by atoms with Gasteiger partial charge in [0.1, 0.15) is 0 Å². The second kappa shape index (κ2) is 7.28. The Labute approximate surface area is 107 Å². The normalized spacial score (nSPS) is 18.1. The molecule has 0 aromatic rings. The summed E-state index contributed by atoms with van der Waals surface area (Å²) in [6.45, 7) is 1.88. The zero-order valence-electron chi connectivity index (χ0n) is 10.4. The van der Waals surface area contributed by atoms with Gasteiger partial charge in [-0.25, -0.2) is 0 Å². The molecule has 1 heterocycles. The molecule has 1 aliphatic heterocycles. The maximum atomic E-state index is 11.8. The van der Waals surface area contributed by atoms with Gasteiger partial charge in [0, 0.05) is 30.9 Å². The molecule has 1 aliphatic rings. The van der Waals surface area contributed by atoms with Crippen LogP contribution in [-0.4, -0.2) is 54.3 Å². The number of carbonyl (C=O) groups is 1. The highest BCUT2D eigenvalue weighted by atomic mass is 79.9. The van der Waals surface area contributed by atoms with Crippen LogP contribution < -0.4 is 0 Å². The standard InChI is InChI=1S/C12H23BrN2O/c1-14(2)11-6-9-15(10-7-11)12(16)5-3-4-8-13/h11H,3-10H2,1-2H3. The maximum absolute atomic E-state index is 11.8. The average Bonchev–Trinajstić information content (AvgIpc) is 2.29. The molecule has 0 spiro atoms. The largest absolute Gasteiger partial charge is 0.343 e. The van der Waals surface area contributed by atoms with E-state index in [2.05, 4.69) is 34.9 Å². The third kappa shape index (κ3) is 4.42. The van der Waals surface area contributed by atoms with Crippen LogP contribution in [0.5, 0.6) is 0 Å². The Morgan fingerprint density at radius 2 is 1.94 bits per heavy atom. The van der Waals surface area contributed by atoms with Crippen molar-refractivity contribution >= 4 is 21.8 Å². The van der Waals surface area contributed by atoms with Crippen molar-refractivity contribution in [1.82, 2.24) is 9.80 Å². The molecule has 0 atom stereocenters. The van der Waals surface area contributed by atoms with Crippen molar-refractivity contribution in [2.45, 2.75) is 38.1 Å². The number of hydrogen-bond acceptors (Lipinski definition) is 2. The minimum atomic E-state index is 0.346. The van der Waals surface area contributed by atoms with E-state index in [1.165, 1.54) is 0 Å². The molecule has 1 fully saturated rings. The first-order chi connectivity index (χ1) is 7.65. The lowest BCUT2D eigenvalue weighted by atomic mass is 10.0. The Balaban J connectivity index is 2.22. The summed E-state index contributed by atoms with van der Waals surface area (Å²) in [7, 11) is 4.25. The monoisotopic (exact) mass is 290 g/mol. The van der Waals surface area contributed by atoms with Crippen LogP contribution in [0.15, 0.2) is 0 Å². The fourth-order valence-corrected chi connectivity index (χ4v) is 2.56. The van der Waals surface area contributed by atoms with E-state index in [-0.39, 0.29) is 0 Å². The molecule has 0 N–H and O–H groups in total. The molecule has 0 radical (unpaired) electrons. The molecule has 1 saturated heterocycles. The smallest absolute Gasteiger partial charge is 0.222 e. The Hall–Kier alpha value is -0.0900. The molecule has 94 valence electrons. The molecule has 16 heavy (non-hydrogen) atoms. The molecule has 1 rings (SSSR count). The van der Waals surface area contributed by atoms with Crippen molar-refractivity contribution in [2.75, 3.05) is 32.5 Å². The van der Waals surface area contributed by atoms with E-state index in [1.807, 2.05) is 4.90 Å². The number of unbranched alkanes of at least 4 members (excludes halogenated alkanes) is 1. The summed E-state index contributed by atoms with van der Waals surface area (Å²) in [5.41, 5.74) is 0. The Kier molecular flexibility index (Phi) is 6.36. The topological polar surface area (TPSA) is 23.6 Å². The lowest BCUT2D eigenvalue weighted by Gasteiger charge is -2.35. The van der Waals surface area contributed by atoms with Crippen LogP contribution in [-0.2, 0) is 4.79 Å². The fraction of sp³-hybridized carbons (Fsp3) is 0.917. The summed E-state index contributed by atoms with van der Waals surface area (Å²) in [6.07, 6.45) is 5.07.